The van der Waals surface area contributed by atoms with E-state index < -0.39 is 6.09 Å². The van der Waals surface area contributed by atoms with Gasteiger partial charge in [-0.05, 0) is 0 Å². The average Bonchev–Trinajstić information content (AvgIpc) is 2.86. The summed E-state index contributed by atoms with van der Waals surface area (Å²) in [6.07, 6.45) is 3.77. The summed E-state index contributed by atoms with van der Waals surface area (Å²) in [6, 6.07) is -0.217. The minimum absolute atomic E-state index is 0.195. The van der Waals surface area contributed by atoms with Crippen LogP contribution in [0, 0.1) is 0 Å². The fourth-order valence-electron chi connectivity index (χ4n) is 1.91. The number of hydrogen-bond donors (Lipinski definition) is 0. The van der Waals surface area contributed by atoms with Crippen LogP contribution in [0.1, 0.15) is 19.0 Å². The summed E-state index contributed by atoms with van der Waals surface area (Å²) < 4.78 is 6.80. The van der Waals surface area contributed by atoms with E-state index in [4.69, 9.17) is 4.74 Å². The van der Waals surface area contributed by atoms with Crippen molar-refractivity contribution in [1.82, 2.24) is 14.5 Å². The number of imide groups is 1. The summed E-state index contributed by atoms with van der Waals surface area (Å²) in [6.45, 7) is 1.99. The topological polar surface area (TPSA) is 64.4 Å². The van der Waals surface area contributed by atoms with Gasteiger partial charge in [0, 0.05) is 31.8 Å². The van der Waals surface area contributed by atoms with Gasteiger partial charge in [0.1, 0.15) is 6.61 Å². The molecule has 0 aliphatic carbocycles. The van der Waals surface area contributed by atoms with Crippen LogP contribution in [0.3, 0.4) is 0 Å². The maximum absolute atomic E-state index is 11.7. The van der Waals surface area contributed by atoms with Gasteiger partial charge in [0.05, 0.1) is 12.4 Å². The summed E-state index contributed by atoms with van der Waals surface area (Å²) in [5.41, 5.74) is 0.974. The van der Waals surface area contributed by atoms with Crippen LogP contribution in [0.5, 0.6) is 0 Å². The lowest BCUT2D eigenvalue weighted by Gasteiger charge is -2.18. The third-order valence-electron chi connectivity index (χ3n) is 2.89. The van der Waals surface area contributed by atoms with Crippen LogP contribution in [0.4, 0.5) is 4.79 Å². The summed E-state index contributed by atoms with van der Waals surface area (Å²) in [5, 5.41) is 0. The Labute approximate surface area is 99.2 Å². The highest BCUT2D eigenvalue weighted by Gasteiger charge is 2.37. The van der Waals surface area contributed by atoms with Gasteiger partial charge in [0.2, 0.25) is 5.91 Å². The third-order valence-corrected chi connectivity index (χ3v) is 2.89. The highest BCUT2D eigenvalue weighted by molar-refractivity contribution is 5.93. The second-order valence-electron chi connectivity index (χ2n) is 4.05. The van der Waals surface area contributed by atoms with Crippen molar-refractivity contribution in [3.63, 3.8) is 0 Å². The molecule has 92 valence electrons. The van der Waals surface area contributed by atoms with Crippen molar-refractivity contribution in [3.8, 4) is 0 Å². The summed E-state index contributed by atoms with van der Waals surface area (Å²) >= 11 is 0. The van der Waals surface area contributed by atoms with E-state index in [1.165, 1.54) is 4.90 Å². The lowest BCUT2D eigenvalue weighted by atomic mass is 10.1. The number of aromatic nitrogens is 2. The molecule has 1 atom stereocenters. The molecule has 17 heavy (non-hydrogen) atoms. The van der Waals surface area contributed by atoms with Crippen molar-refractivity contribution in [2.24, 2.45) is 7.05 Å². The second-order valence-corrected chi connectivity index (χ2v) is 4.05. The van der Waals surface area contributed by atoms with Gasteiger partial charge in [-0.25, -0.2) is 14.7 Å². The van der Waals surface area contributed by atoms with Gasteiger partial charge in [0.25, 0.3) is 0 Å². The first-order valence-electron chi connectivity index (χ1n) is 5.57. The molecule has 1 aromatic heterocycles. The number of hydrogen-bond acceptors (Lipinski definition) is 4. The van der Waals surface area contributed by atoms with Crippen molar-refractivity contribution >= 4 is 12.0 Å². The zero-order valence-electron chi connectivity index (χ0n) is 9.92. The van der Waals surface area contributed by atoms with Gasteiger partial charge in [-0.15, -0.1) is 0 Å². The molecule has 0 aromatic carbocycles. The molecule has 0 saturated carbocycles. The number of carbonyl (C=O) groups excluding carboxylic acids is 2. The Balaban J connectivity index is 2.13. The van der Waals surface area contributed by atoms with Gasteiger partial charge < -0.3 is 9.30 Å². The predicted molar refractivity (Wildman–Crippen MR) is 59.2 cm³/mol. The van der Waals surface area contributed by atoms with Crippen molar-refractivity contribution in [2.75, 3.05) is 6.61 Å². The molecule has 1 aliphatic heterocycles. The Morgan fingerprint density at radius 3 is 3.00 bits per heavy atom. The third kappa shape index (κ3) is 2.15. The molecular weight excluding hydrogens is 222 g/mol. The fraction of sp³-hybridized carbons (Fsp3) is 0.545. The highest BCUT2D eigenvalue weighted by Crippen LogP contribution is 2.17. The van der Waals surface area contributed by atoms with Crippen molar-refractivity contribution < 1.29 is 14.3 Å². The van der Waals surface area contributed by atoms with E-state index in [0.29, 0.717) is 12.8 Å². The molecule has 1 saturated heterocycles. The molecule has 1 fully saturated rings. The molecular formula is C11H15N3O3. The molecule has 0 radical (unpaired) electrons. The van der Waals surface area contributed by atoms with Gasteiger partial charge in [-0.3, -0.25) is 4.79 Å². The number of aryl methyl sites for hydroxylation is 1. The molecule has 2 rings (SSSR count). The number of carbonyl (C=O) groups is 2. The minimum Gasteiger partial charge on any atom is -0.447 e. The Morgan fingerprint density at radius 1 is 1.65 bits per heavy atom. The quantitative estimate of drug-likeness (QED) is 0.777. The van der Waals surface area contributed by atoms with E-state index in [0.717, 1.165) is 5.69 Å². The molecule has 1 aliphatic rings. The number of imidazole rings is 1. The van der Waals surface area contributed by atoms with E-state index in [1.807, 2.05) is 11.6 Å². The Kier molecular flexibility index (Phi) is 3.12. The number of ether oxygens (including phenoxy) is 1. The number of nitrogens with zero attached hydrogens (tertiary/aromatic N) is 3. The van der Waals surface area contributed by atoms with Crippen LogP contribution < -0.4 is 0 Å². The standard InChI is InChI=1S/C11H15N3O3/c1-3-10(15)14-9(6-17-11(14)16)4-8-5-12-7-13(8)2/h5,7,9H,3-4,6H2,1-2H3. The van der Waals surface area contributed by atoms with Crippen LogP contribution in [0.25, 0.3) is 0 Å². The first kappa shape index (κ1) is 11.6. The molecule has 1 unspecified atom stereocenters. The van der Waals surface area contributed by atoms with Gasteiger partial charge in [0.15, 0.2) is 0 Å². The zero-order valence-corrected chi connectivity index (χ0v) is 9.92. The number of cyclic esters (lactones) is 1. The van der Waals surface area contributed by atoms with Gasteiger partial charge in [-0.1, -0.05) is 6.92 Å². The molecule has 0 spiro atoms. The number of rotatable bonds is 3. The summed E-state index contributed by atoms with van der Waals surface area (Å²) in [7, 11) is 1.88. The lowest BCUT2D eigenvalue weighted by molar-refractivity contribution is -0.128. The minimum atomic E-state index is -0.538. The van der Waals surface area contributed by atoms with E-state index in [1.54, 1.807) is 19.4 Å². The maximum Gasteiger partial charge on any atom is 0.416 e. The summed E-state index contributed by atoms with van der Waals surface area (Å²) in [4.78, 5) is 28.3. The number of amides is 2. The van der Waals surface area contributed by atoms with Crippen LogP contribution in [-0.2, 0) is 23.0 Å². The van der Waals surface area contributed by atoms with E-state index in [2.05, 4.69) is 4.98 Å². The van der Waals surface area contributed by atoms with Gasteiger partial charge in [-0.2, -0.15) is 0 Å². The smallest absolute Gasteiger partial charge is 0.416 e. The lowest BCUT2D eigenvalue weighted by Crippen LogP contribution is -2.40. The van der Waals surface area contributed by atoms with E-state index in [9.17, 15) is 9.59 Å². The Morgan fingerprint density at radius 2 is 2.41 bits per heavy atom. The highest BCUT2D eigenvalue weighted by atomic mass is 16.6. The molecule has 0 bridgehead atoms. The van der Waals surface area contributed by atoms with Crippen LogP contribution in [0.15, 0.2) is 12.5 Å². The Hall–Kier alpha value is -1.85. The van der Waals surface area contributed by atoms with E-state index >= 15 is 0 Å². The van der Waals surface area contributed by atoms with Gasteiger partial charge >= 0.3 is 6.09 Å². The first-order valence-corrected chi connectivity index (χ1v) is 5.57. The van der Waals surface area contributed by atoms with Crippen molar-refractivity contribution in [3.05, 3.63) is 18.2 Å². The SMILES string of the molecule is CCC(=O)N1C(=O)OCC1Cc1cncn1C. The predicted octanol–water partition coefficient (Wildman–Crippen LogP) is 0.720. The van der Waals surface area contributed by atoms with Crippen LogP contribution in [-0.4, -0.2) is 39.1 Å². The Bertz CT molecular complexity index is 441. The van der Waals surface area contributed by atoms with Crippen molar-refractivity contribution in [1.29, 1.82) is 0 Å². The molecule has 0 N–H and O–H groups in total. The molecule has 2 amide bonds. The first-order chi connectivity index (χ1) is 8.13. The van der Waals surface area contributed by atoms with Crippen molar-refractivity contribution in [2.45, 2.75) is 25.8 Å². The monoisotopic (exact) mass is 237 g/mol. The summed E-state index contributed by atoms with van der Waals surface area (Å²) in [5.74, 6) is -0.195. The molecule has 6 nitrogen and oxygen atoms in total. The van der Waals surface area contributed by atoms with E-state index in [-0.39, 0.29) is 18.6 Å². The largest absolute Gasteiger partial charge is 0.447 e. The van der Waals surface area contributed by atoms with Crippen LogP contribution in [0.2, 0.25) is 0 Å². The normalized spacial score (nSPS) is 19.5. The maximum atomic E-state index is 11.7. The zero-order chi connectivity index (χ0) is 12.4. The molecule has 2 heterocycles. The second kappa shape index (κ2) is 4.57. The molecule has 1 aromatic rings. The van der Waals surface area contributed by atoms with Crippen LogP contribution >= 0.6 is 0 Å². The average molecular weight is 237 g/mol. The fourth-order valence-corrected chi connectivity index (χ4v) is 1.91. The molecule has 6 heteroatoms.